The minimum Gasteiger partial charge on any atom is -0.344 e. The van der Waals surface area contributed by atoms with E-state index in [4.69, 9.17) is 0 Å². The first-order chi connectivity index (χ1) is 12.0. The van der Waals surface area contributed by atoms with Crippen molar-refractivity contribution in [2.75, 3.05) is 13.1 Å². The van der Waals surface area contributed by atoms with Crippen molar-refractivity contribution in [1.82, 2.24) is 9.47 Å². The number of likely N-dealkylation sites (tertiary alicyclic amines) is 1. The highest BCUT2D eigenvalue weighted by molar-refractivity contribution is 5.80. The highest BCUT2D eigenvalue weighted by Gasteiger charge is 2.42. The minimum atomic E-state index is -4.01. The third kappa shape index (κ3) is 3.43. The number of benzene rings is 1. The summed E-state index contributed by atoms with van der Waals surface area (Å²) < 4.78 is 40.9. The van der Waals surface area contributed by atoms with Gasteiger partial charge in [-0.1, -0.05) is 18.2 Å². The van der Waals surface area contributed by atoms with Crippen LogP contribution in [0.15, 0.2) is 36.5 Å². The fraction of sp³-hybridized carbons (Fsp3) is 0.600. The summed E-state index contributed by atoms with van der Waals surface area (Å²) in [4.78, 5) is 2.31. The molecule has 4 rings (SSSR count). The third-order valence-corrected chi connectivity index (χ3v) is 6.20. The van der Waals surface area contributed by atoms with Crippen LogP contribution in [-0.2, 0) is 0 Å². The Morgan fingerprint density at radius 2 is 1.44 bits per heavy atom. The number of fused-ring (bicyclic) bond motifs is 1. The first kappa shape index (κ1) is 17.0. The highest BCUT2D eigenvalue weighted by atomic mass is 19.4. The van der Waals surface area contributed by atoms with E-state index in [0.29, 0.717) is 25.2 Å². The van der Waals surface area contributed by atoms with Crippen LogP contribution in [0.5, 0.6) is 0 Å². The molecule has 25 heavy (non-hydrogen) atoms. The highest BCUT2D eigenvalue weighted by Crippen LogP contribution is 2.38. The van der Waals surface area contributed by atoms with Crippen LogP contribution in [0.3, 0.4) is 0 Å². The van der Waals surface area contributed by atoms with Crippen LogP contribution < -0.4 is 0 Å². The Morgan fingerprint density at radius 3 is 2.12 bits per heavy atom. The van der Waals surface area contributed by atoms with E-state index in [2.05, 4.69) is 46.0 Å². The Bertz CT molecular complexity index is 705. The van der Waals surface area contributed by atoms with E-state index in [9.17, 15) is 13.2 Å². The fourth-order valence-electron chi connectivity index (χ4n) is 4.72. The van der Waals surface area contributed by atoms with Crippen molar-refractivity contribution in [1.29, 1.82) is 0 Å². The summed E-state index contributed by atoms with van der Waals surface area (Å²) in [5.41, 5.74) is 1.29. The molecule has 2 aromatic rings. The molecule has 2 aliphatic rings. The summed E-state index contributed by atoms with van der Waals surface area (Å²) in [6.45, 7) is 1.21. The molecular formula is C20H25F3N2. The largest absolute Gasteiger partial charge is 0.391 e. The van der Waals surface area contributed by atoms with Gasteiger partial charge in [0.15, 0.2) is 0 Å². The Morgan fingerprint density at radius 1 is 0.800 bits per heavy atom. The van der Waals surface area contributed by atoms with Gasteiger partial charge in [-0.05, 0) is 69.1 Å². The van der Waals surface area contributed by atoms with Crippen molar-refractivity contribution >= 4 is 10.9 Å². The van der Waals surface area contributed by atoms with Crippen LogP contribution in [0.2, 0.25) is 0 Å². The molecule has 2 fully saturated rings. The molecule has 1 aromatic heterocycles. The predicted molar refractivity (Wildman–Crippen MR) is 93.6 cm³/mol. The standard InChI is InChI=1S/C20H25F3N2/c21-20(22,23)16-10-12-24(13-11-16)17-5-7-18(8-6-17)25-14-9-15-3-1-2-4-19(15)25/h1-4,9,14,16-18H,5-8,10-13H2. The minimum absolute atomic E-state index is 0.270. The predicted octanol–water partition coefficient (Wildman–Crippen LogP) is 5.40. The Labute approximate surface area is 146 Å². The van der Waals surface area contributed by atoms with Crippen molar-refractivity contribution in [3.8, 4) is 0 Å². The number of hydrogen-bond acceptors (Lipinski definition) is 1. The molecule has 1 aliphatic heterocycles. The van der Waals surface area contributed by atoms with E-state index in [0.717, 1.165) is 25.7 Å². The molecule has 0 bridgehead atoms. The van der Waals surface area contributed by atoms with E-state index < -0.39 is 12.1 Å². The lowest BCUT2D eigenvalue weighted by Gasteiger charge is -2.41. The molecule has 0 unspecified atom stereocenters. The van der Waals surface area contributed by atoms with E-state index >= 15 is 0 Å². The average molecular weight is 350 g/mol. The molecule has 1 aromatic carbocycles. The van der Waals surface area contributed by atoms with Gasteiger partial charge in [0.1, 0.15) is 0 Å². The lowest BCUT2D eigenvalue weighted by Crippen LogP contribution is -2.45. The van der Waals surface area contributed by atoms with Crippen LogP contribution in [0.4, 0.5) is 13.2 Å². The maximum Gasteiger partial charge on any atom is 0.391 e. The third-order valence-electron chi connectivity index (χ3n) is 6.20. The topological polar surface area (TPSA) is 8.17 Å². The molecule has 1 aliphatic carbocycles. The van der Waals surface area contributed by atoms with E-state index in [1.165, 1.54) is 10.9 Å². The number of nitrogens with zero attached hydrogens (tertiary/aromatic N) is 2. The quantitative estimate of drug-likeness (QED) is 0.704. The second-order valence-electron chi connectivity index (χ2n) is 7.60. The van der Waals surface area contributed by atoms with Gasteiger partial charge in [0.25, 0.3) is 0 Å². The lowest BCUT2D eigenvalue weighted by atomic mass is 9.87. The average Bonchev–Trinajstić information content (AvgIpc) is 3.05. The molecule has 0 spiro atoms. The monoisotopic (exact) mass is 350 g/mol. The summed E-state index contributed by atoms with van der Waals surface area (Å²) in [7, 11) is 0. The zero-order valence-corrected chi connectivity index (χ0v) is 14.4. The van der Waals surface area contributed by atoms with Gasteiger partial charge in [0, 0.05) is 23.8 Å². The summed E-state index contributed by atoms with van der Waals surface area (Å²) in [5.74, 6) is -1.09. The molecule has 1 saturated heterocycles. The van der Waals surface area contributed by atoms with Crippen molar-refractivity contribution in [3.63, 3.8) is 0 Å². The smallest absolute Gasteiger partial charge is 0.344 e. The first-order valence-corrected chi connectivity index (χ1v) is 9.39. The van der Waals surface area contributed by atoms with Crippen molar-refractivity contribution in [3.05, 3.63) is 36.5 Å². The normalized spacial score (nSPS) is 27.0. The second kappa shape index (κ2) is 6.67. The zero-order chi connectivity index (χ0) is 17.4. The fourth-order valence-corrected chi connectivity index (χ4v) is 4.72. The SMILES string of the molecule is FC(F)(F)C1CCN(C2CCC(n3ccc4ccccc43)CC2)CC1. The van der Waals surface area contributed by atoms with Crippen LogP contribution in [0, 0.1) is 5.92 Å². The maximum absolute atomic E-state index is 12.8. The number of hydrogen-bond donors (Lipinski definition) is 0. The number of halogens is 3. The Balaban J connectivity index is 1.35. The summed E-state index contributed by atoms with van der Waals surface area (Å²) in [5, 5.41) is 1.28. The van der Waals surface area contributed by atoms with Crippen molar-refractivity contribution in [2.45, 2.75) is 56.8 Å². The number of piperidine rings is 1. The van der Waals surface area contributed by atoms with Crippen LogP contribution in [0.25, 0.3) is 10.9 Å². The van der Waals surface area contributed by atoms with Gasteiger partial charge in [-0.3, -0.25) is 0 Å². The van der Waals surface area contributed by atoms with Gasteiger partial charge >= 0.3 is 6.18 Å². The summed E-state index contributed by atoms with van der Waals surface area (Å²) in [6.07, 6.45) is 3.12. The molecule has 2 nitrogen and oxygen atoms in total. The van der Waals surface area contributed by atoms with Gasteiger partial charge in [-0.25, -0.2) is 0 Å². The van der Waals surface area contributed by atoms with Crippen LogP contribution in [0.1, 0.15) is 44.6 Å². The van der Waals surface area contributed by atoms with Crippen LogP contribution >= 0.6 is 0 Å². The molecule has 0 radical (unpaired) electrons. The molecule has 0 amide bonds. The number of para-hydroxylation sites is 1. The first-order valence-electron chi connectivity index (χ1n) is 9.39. The molecule has 0 N–H and O–H groups in total. The molecular weight excluding hydrogens is 325 g/mol. The number of rotatable bonds is 2. The molecule has 1 saturated carbocycles. The number of aromatic nitrogens is 1. The Kier molecular flexibility index (Phi) is 4.52. The van der Waals surface area contributed by atoms with E-state index in [1.54, 1.807) is 0 Å². The second-order valence-corrected chi connectivity index (χ2v) is 7.60. The molecule has 0 atom stereocenters. The van der Waals surface area contributed by atoms with E-state index in [-0.39, 0.29) is 12.8 Å². The molecule has 136 valence electrons. The van der Waals surface area contributed by atoms with Gasteiger partial charge in [0.05, 0.1) is 5.92 Å². The molecule has 5 heteroatoms. The Hall–Kier alpha value is -1.49. The van der Waals surface area contributed by atoms with Gasteiger partial charge in [0.2, 0.25) is 0 Å². The van der Waals surface area contributed by atoms with Gasteiger partial charge in [-0.15, -0.1) is 0 Å². The molecule has 2 heterocycles. The van der Waals surface area contributed by atoms with Crippen molar-refractivity contribution in [2.24, 2.45) is 5.92 Å². The zero-order valence-electron chi connectivity index (χ0n) is 14.4. The lowest BCUT2D eigenvalue weighted by molar-refractivity contribution is -0.186. The van der Waals surface area contributed by atoms with Gasteiger partial charge < -0.3 is 9.47 Å². The maximum atomic E-state index is 12.8. The van der Waals surface area contributed by atoms with Crippen LogP contribution in [-0.4, -0.2) is 34.8 Å². The van der Waals surface area contributed by atoms with Crippen molar-refractivity contribution < 1.29 is 13.2 Å². The van der Waals surface area contributed by atoms with Gasteiger partial charge in [-0.2, -0.15) is 13.2 Å². The summed E-state index contributed by atoms with van der Waals surface area (Å²) in [6, 6.07) is 11.6. The number of alkyl halides is 3. The van der Waals surface area contributed by atoms with E-state index in [1.807, 2.05) is 0 Å². The summed E-state index contributed by atoms with van der Waals surface area (Å²) >= 11 is 0.